The van der Waals surface area contributed by atoms with E-state index in [0.29, 0.717) is 11.4 Å². The van der Waals surface area contributed by atoms with E-state index in [1.54, 1.807) is 48.5 Å². The van der Waals surface area contributed by atoms with Crippen LogP contribution in [-0.2, 0) is 21.2 Å². The van der Waals surface area contributed by atoms with Crippen LogP contribution in [0.3, 0.4) is 0 Å². The minimum absolute atomic E-state index is 0.111. The van der Waals surface area contributed by atoms with Crippen LogP contribution in [0.5, 0.6) is 5.75 Å². The average Bonchev–Trinajstić information content (AvgIpc) is 2.83. The van der Waals surface area contributed by atoms with Crippen LogP contribution in [0.1, 0.15) is 36.6 Å². The van der Waals surface area contributed by atoms with Gasteiger partial charge in [0.25, 0.3) is 15.9 Å². The van der Waals surface area contributed by atoms with E-state index in [4.69, 9.17) is 4.74 Å². The standard InChI is InChI=1S/C26H28N2O4S/c1-4-20-11-13-21(14-12-20)19(3)27-26(29)25-17-28(23-7-5-6-8-24(23)32-25)33(30,31)22-15-9-18(2)10-16-22/h5-16,19,25H,4,17H2,1-3H3,(H,27,29)/t19-,25-/m0/s1. The number of ether oxygens (including phenoxy) is 1. The molecule has 0 bridgehead atoms. The van der Waals surface area contributed by atoms with E-state index in [2.05, 4.69) is 12.2 Å². The monoisotopic (exact) mass is 464 g/mol. The highest BCUT2D eigenvalue weighted by molar-refractivity contribution is 7.92. The minimum atomic E-state index is -3.87. The summed E-state index contributed by atoms with van der Waals surface area (Å²) in [6.45, 7) is 5.78. The number of amides is 1. The van der Waals surface area contributed by atoms with Crippen molar-refractivity contribution in [1.29, 1.82) is 0 Å². The van der Waals surface area contributed by atoms with Crippen LogP contribution in [0.2, 0.25) is 0 Å². The quantitative estimate of drug-likeness (QED) is 0.587. The van der Waals surface area contributed by atoms with E-state index in [9.17, 15) is 13.2 Å². The van der Waals surface area contributed by atoms with Crippen molar-refractivity contribution in [2.75, 3.05) is 10.8 Å². The highest BCUT2D eigenvalue weighted by atomic mass is 32.2. The first-order valence-corrected chi connectivity index (χ1v) is 12.5. The fourth-order valence-corrected chi connectivity index (χ4v) is 5.31. The molecule has 2 atom stereocenters. The largest absolute Gasteiger partial charge is 0.476 e. The van der Waals surface area contributed by atoms with Crippen LogP contribution in [-0.4, -0.2) is 27.0 Å². The zero-order valence-electron chi connectivity index (χ0n) is 19.0. The smallest absolute Gasteiger partial charge is 0.264 e. The Labute approximate surface area is 195 Å². The van der Waals surface area contributed by atoms with Gasteiger partial charge in [-0.3, -0.25) is 9.10 Å². The number of nitrogens with one attached hydrogen (secondary N) is 1. The second-order valence-electron chi connectivity index (χ2n) is 8.25. The summed E-state index contributed by atoms with van der Waals surface area (Å²) in [4.78, 5) is 13.3. The number of rotatable bonds is 6. The number of aryl methyl sites for hydroxylation is 2. The highest BCUT2D eigenvalue weighted by Gasteiger charge is 2.37. The lowest BCUT2D eigenvalue weighted by molar-refractivity contribution is -0.128. The highest BCUT2D eigenvalue weighted by Crippen LogP contribution is 2.37. The second kappa shape index (κ2) is 9.27. The van der Waals surface area contributed by atoms with Crippen LogP contribution in [0, 0.1) is 6.92 Å². The summed E-state index contributed by atoms with van der Waals surface area (Å²) in [6.07, 6.45) is -0.0285. The van der Waals surface area contributed by atoms with Crippen LogP contribution >= 0.6 is 0 Å². The van der Waals surface area contributed by atoms with Gasteiger partial charge in [0.15, 0.2) is 6.10 Å². The molecule has 0 aromatic heterocycles. The predicted molar refractivity (Wildman–Crippen MR) is 129 cm³/mol. The molecule has 3 aromatic rings. The van der Waals surface area contributed by atoms with Gasteiger partial charge in [0.1, 0.15) is 5.75 Å². The molecular formula is C26H28N2O4S. The van der Waals surface area contributed by atoms with Crippen molar-refractivity contribution in [3.05, 3.63) is 89.5 Å². The number of hydrogen-bond acceptors (Lipinski definition) is 4. The molecule has 0 saturated heterocycles. The molecule has 0 fully saturated rings. The summed E-state index contributed by atoms with van der Waals surface area (Å²) >= 11 is 0. The zero-order chi connectivity index (χ0) is 23.6. The number of sulfonamides is 1. The molecule has 172 valence electrons. The van der Waals surface area contributed by atoms with Crippen molar-refractivity contribution in [2.24, 2.45) is 0 Å². The summed E-state index contributed by atoms with van der Waals surface area (Å²) in [5, 5.41) is 2.97. The third kappa shape index (κ3) is 4.73. The molecule has 1 amide bonds. The molecule has 6 nitrogen and oxygen atoms in total. The molecule has 1 aliphatic rings. The number of hydrogen-bond donors (Lipinski definition) is 1. The van der Waals surface area contributed by atoms with Gasteiger partial charge in [-0.1, -0.05) is 61.0 Å². The number of anilines is 1. The maximum absolute atomic E-state index is 13.5. The number of nitrogens with zero attached hydrogens (tertiary/aromatic N) is 1. The Bertz CT molecular complexity index is 1240. The molecule has 0 radical (unpaired) electrons. The molecule has 0 aliphatic carbocycles. The topological polar surface area (TPSA) is 75.7 Å². The van der Waals surface area contributed by atoms with Gasteiger partial charge in [-0.15, -0.1) is 0 Å². The van der Waals surface area contributed by atoms with Crippen LogP contribution < -0.4 is 14.4 Å². The molecule has 7 heteroatoms. The normalized spacial score (nSPS) is 16.5. The van der Waals surface area contributed by atoms with E-state index < -0.39 is 16.1 Å². The van der Waals surface area contributed by atoms with Gasteiger partial charge in [-0.25, -0.2) is 8.42 Å². The molecule has 33 heavy (non-hydrogen) atoms. The third-order valence-corrected chi connectivity index (χ3v) is 7.68. The second-order valence-corrected chi connectivity index (χ2v) is 10.1. The van der Waals surface area contributed by atoms with Crippen LogP contribution in [0.4, 0.5) is 5.69 Å². The molecule has 1 N–H and O–H groups in total. The van der Waals surface area contributed by atoms with Crippen molar-refractivity contribution in [3.8, 4) is 5.75 Å². The van der Waals surface area contributed by atoms with Gasteiger partial charge in [0, 0.05) is 0 Å². The van der Waals surface area contributed by atoms with Crippen molar-refractivity contribution in [2.45, 2.75) is 44.2 Å². The SMILES string of the molecule is CCc1ccc([C@H](C)NC(=O)[C@@H]2CN(S(=O)(=O)c3ccc(C)cc3)c3ccccc3O2)cc1. The predicted octanol–water partition coefficient (Wildman–Crippen LogP) is 4.39. The first kappa shape index (κ1) is 22.9. The number of fused-ring (bicyclic) bond motifs is 1. The molecule has 0 spiro atoms. The lowest BCUT2D eigenvalue weighted by Gasteiger charge is -2.35. The van der Waals surface area contributed by atoms with Crippen molar-refractivity contribution in [1.82, 2.24) is 5.32 Å². The summed E-state index contributed by atoms with van der Waals surface area (Å²) in [5.41, 5.74) is 3.59. The molecule has 4 rings (SSSR count). The molecular weight excluding hydrogens is 436 g/mol. The Kier molecular flexibility index (Phi) is 6.42. The van der Waals surface area contributed by atoms with E-state index in [1.807, 2.05) is 38.1 Å². The van der Waals surface area contributed by atoms with Crippen molar-refractivity contribution in [3.63, 3.8) is 0 Å². The molecule has 3 aromatic carbocycles. The Morgan fingerprint density at radius 1 is 1.06 bits per heavy atom. The first-order chi connectivity index (χ1) is 15.8. The van der Waals surface area contributed by atoms with Gasteiger partial charge in [0.05, 0.1) is 23.2 Å². The summed E-state index contributed by atoms with van der Waals surface area (Å²) in [7, 11) is -3.87. The van der Waals surface area contributed by atoms with Gasteiger partial charge in [-0.05, 0) is 55.7 Å². The van der Waals surface area contributed by atoms with Crippen LogP contribution in [0.15, 0.2) is 77.7 Å². The molecule has 1 aliphatic heterocycles. The number of benzene rings is 3. The first-order valence-electron chi connectivity index (χ1n) is 11.0. The third-order valence-electron chi connectivity index (χ3n) is 5.88. The Morgan fingerprint density at radius 2 is 1.73 bits per heavy atom. The average molecular weight is 465 g/mol. The molecule has 0 unspecified atom stereocenters. The van der Waals surface area contributed by atoms with E-state index in [1.165, 1.54) is 9.87 Å². The van der Waals surface area contributed by atoms with Gasteiger partial charge in [0.2, 0.25) is 0 Å². The van der Waals surface area contributed by atoms with E-state index in [0.717, 1.165) is 17.5 Å². The number of para-hydroxylation sites is 2. The fraction of sp³-hybridized carbons (Fsp3) is 0.269. The van der Waals surface area contributed by atoms with Gasteiger partial charge < -0.3 is 10.1 Å². The number of carbonyl (C=O) groups excluding carboxylic acids is 1. The van der Waals surface area contributed by atoms with Crippen molar-refractivity contribution >= 4 is 21.6 Å². The Balaban J connectivity index is 1.59. The molecule has 0 saturated carbocycles. The summed E-state index contributed by atoms with van der Waals surface area (Å²) in [5.74, 6) is 0.000200. The van der Waals surface area contributed by atoms with Crippen molar-refractivity contribution < 1.29 is 17.9 Å². The fourth-order valence-electron chi connectivity index (χ4n) is 3.84. The number of carbonyl (C=O) groups is 1. The lowest BCUT2D eigenvalue weighted by atomic mass is 10.0. The van der Waals surface area contributed by atoms with Crippen LogP contribution in [0.25, 0.3) is 0 Å². The van der Waals surface area contributed by atoms with Gasteiger partial charge >= 0.3 is 0 Å². The maximum atomic E-state index is 13.5. The summed E-state index contributed by atoms with van der Waals surface area (Å²) < 4.78 is 34.1. The Morgan fingerprint density at radius 3 is 2.39 bits per heavy atom. The molecule has 1 heterocycles. The lowest BCUT2D eigenvalue weighted by Crippen LogP contribution is -2.51. The van der Waals surface area contributed by atoms with E-state index in [-0.39, 0.29) is 23.4 Å². The van der Waals surface area contributed by atoms with E-state index >= 15 is 0 Å². The van der Waals surface area contributed by atoms with Gasteiger partial charge in [-0.2, -0.15) is 0 Å². The Hall–Kier alpha value is -3.32. The summed E-state index contributed by atoms with van der Waals surface area (Å²) in [6, 6.07) is 21.4. The maximum Gasteiger partial charge on any atom is 0.264 e. The minimum Gasteiger partial charge on any atom is -0.476 e. The zero-order valence-corrected chi connectivity index (χ0v) is 19.8.